The number of alkyl halides is 6. The summed E-state index contributed by atoms with van der Waals surface area (Å²) in [6, 6.07) is 9.55. The third kappa shape index (κ3) is 5.69. The highest BCUT2D eigenvalue weighted by Crippen LogP contribution is 2.35. The Labute approximate surface area is 160 Å². The maximum absolute atomic E-state index is 12.4. The highest BCUT2D eigenvalue weighted by Gasteiger charge is 2.32. The zero-order valence-corrected chi connectivity index (χ0v) is 14.4. The number of anilines is 1. The molecule has 0 amide bonds. The number of hydrogen-bond acceptors (Lipinski definition) is 5. The molecule has 1 atom stereocenters. The average molecular weight is 421 g/mol. The number of carbonyl (C=O) groups excluding carboxylic acids is 1. The Bertz CT molecular complexity index is 860. The summed E-state index contributed by atoms with van der Waals surface area (Å²) in [5, 5.41) is 2.74. The van der Waals surface area contributed by atoms with E-state index >= 15 is 0 Å². The molecule has 0 saturated heterocycles. The Morgan fingerprint density at radius 1 is 0.897 bits per heavy atom. The molecule has 1 N–H and O–H groups in total. The van der Waals surface area contributed by atoms with E-state index in [0.717, 1.165) is 18.2 Å². The van der Waals surface area contributed by atoms with Crippen LogP contribution in [0.4, 0.5) is 32.0 Å². The predicted octanol–water partition coefficient (Wildman–Crippen LogP) is 4.85. The van der Waals surface area contributed by atoms with Crippen LogP contribution in [0.5, 0.6) is 11.5 Å². The molecule has 0 radical (unpaired) electrons. The van der Waals surface area contributed by atoms with Crippen molar-refractivity contribution in [2.75, 3.05) is 18.5 Å². The normalized spacial score (nSPS) is 16.2. The summed E-state index contributed by atoms with van der Waals surface area (Å²) in [5.41, 5.74) is 0.802. The van der Waals surface area contributed by atoms with Gasteiger partial charge >= 0.3 is 18.3 Å². The van der Waals surface area contributed by atoms with Crippen molar-refractivity contribution in [1.82, 2.24) is 0 Å². The molecular weight excluding hydrogens is 408 g/mol. The first kappa shape index (κ1) is 20.6. The van der Waals surface area contributed by atoms with Crippen molar-refractivity contribution in [3.8, 4) is 11.5 Å². The number of fused-ring (bicyclic) bond motifs is 1. The molecule has 1 aliphatic heterocycles. The summed E-state index contributed by atoms with van der Waals surface area (Å²) in [6.07, 6.45) is -10.3. The summed E-state index contributed by atoms with van der Waals surface area (Å²) in [5.74, 6) is -1.36. The van der Waals surface area contributed by atoms with Gasteiger partial charge in [-0.2, -0.15) is 26.3 Å². The lowest BCUT2D eigenvalue weighted by molar-refractivity contribution is -0.153. The van der Waals surface area contributed by atoms with E-state index in [0.29, 0.717) is 11.1 Å². The second-order valence-electron chi connectivity index (χ2n) is 6.02. The molecule has 29 heavy (non-hydrogen) atoms. The summed E-state index contributed by atoms with van der Waals surface area (Å²) < 4.78 is 88.8. The van der Waals surface area contributed by atoms with Crippen molar-refractivity contribution < 1.29 is 45.3 Å². The zero-order valence-electron chi connectivity index (χ0n) is 14.4. The first-order valence-electron chi connectivity index (χ1n) is 8.11. The predicted molar refractivity (Wildman–Crippen MR) is 87.8 cm³/mol. The van der Waals surface area contributed by atoms with Crippen molar-refractivity contribution in [3.05, 3.63) is 53.6 Å². The molecule has 1 heterocycles. The van der Waals surface area contributed by atoms with Gasteiger partial charge in [-0.15, -0.1) is 0 Å². The van der Waals surface area contributed by atoms with E-state index in [2.05, 4.69) is 14.8 Å². The number of nitrogens with one attached hydrogen (secondary N) is 1. The van der Waals surface area contributed by atoms with Crippen molar-refractivity contribution >= 4 is 11.7 Å². The summed E-state index contributed by atoms with van der Waals surface area (Å²) in [7, 11) is 0. The van der Waals surface area contributed by atoms with Gasteiger partial charge in [0.2, 0.25) is 6.23 Å². The number of halogens is 6. The maximum atomic E-state index is 12.4. The molecule has 2 aromatic rings. The van der Waals surface area contributed by atoms with Crippen LogP contribution in [0.15, 0.2) is 42.5 Å². The molecule has 0 fully saturated rings. The third-order valence-corrected chi connectivity index (χ3v) is 3.67. The fraction of sp³-hybridized carbons (Fsp3) is 0.278. The number of cyclic esters (lactones) is 1. The van der Waals surface area contributed by atoms with E-state index in [1.807, 2.05) is 0 Å². The number of rotatable bonds is 6. The van der Waals surface area contributed by atoms with Crippen molar-refractivity contribution in [3.63, 3.8) is 0 Å². The fourth-order valence-corrected chi connectivity index (χ4v) is 2.56. The highest BCUT2D eigenvalue weighted by molar-refractivity contribution is 5.94. The number of carbonyl (C=O) groups is 1. The van der Waals surface area contributed by atoms with Gasteiger partial charge in [-0.25, -0.2) is 4.79 Å². The zero-order chi connectivity index (χ0) is 21.2. The molecule has 0 aromatic heterocycles. The molecule has 2 aromatic carbocycles. The molecule has 156 valence electrons. The van der Waals surface area contributed by atoms with Gasteiger partial charge in [-0.1, -0.05) is 18.2 Å². The molecule has 0 saturated carbocycles. The maximum Gasteiger partial charge on any atom is 0.422 e. The van der Waals surface area contributed by atoms with Gasteiger partial charge in [-0.3, -0.25) is 0 Å². The van der Waals surface area contributed by atoms with E-state index < -0.39 is 37.8 Å². The molecule has 1 aliphatic rings. The average Bonchev–Trinajstić information content (AvgIpc) is 2.93. The molecule has 0 spiro atoms. The number of ether oxygens (including phenoxy) is 3. The molecule has 0 bridgehead atoms. The van der Waals surface area contributed by atoms with Crippen LogP contribution in [0.2, 0.25) is 0 Å². The molecule has 0 unspecified atom stereocenters. The number of hydrogen-bond donors (Lipinski definition) is 1. The topological polar surface area (TPSA) is 56.8 Å². The van der Waals surface area contributed by atoms with E-state index in [4.69, 9.17) is 4.74 Å². The lowest BCUT2D eigenvalue weighted by Gasteiger charge is -2.18. The number of esters is 1. The third-order valence-electron chi connectivity index (χ3n) is 3.67. The second kappa shape index (κ2) is 7.72. The minimum Gasteiger partial charge on any atom is -0.484 e. The molecule has 3 rings (SSSR count). The van der Waals surface area contributed by atoms with Crippen LogP contribution in [0.3, 0.4) is 0 Å². The minimum atomic E-state index is -4.64. The number of benzene rings is 2. The van der Waals surface area contributed by atoms with Crippen LogP contribution < -0.4 is 14.8 Å². The lowest BCUT2D eigenvalue weighted by Crippen LogP contribution is -2.20. The van der Waals surface area contributed by atoms with Crippen molar-refractivity contribution in [1.29, 1.82) is 0 Å². The first-order chi connectivity index (χ1) is 13.5. The largest absolute Gasteiger partial charge is 0.484 e. The Balaban J connectivity index is 1.83. The fourth-order valence-electron chi connectivity index (χ4n) is 2.56. The Hall–Kier alpha value is -3.11. The quantitative estimate of drug-likeness (QED) is 0.534. The van der Waals surface area contributed by atoms with Gasteiger partial charge in [0.15, 0.2) is 13.2 Å². The van der Waals surface area contributed by atoms with Gasteiger partial charge in [0, 0.05) is 29.4 Å². The van der Waals surface area contributed by atoms with Gasteiger partial charge in [0.1, 0.15) is 11.5 Å². The lowest BCUT2D eigenvalue weighted by atomic mass is 10.1. The molecule has 5 nitrogen and oxygen atoms in total. The summed E-state index contributed by atoms with van der Waals surface area (Å²) in [6.45, 7) is -3.28. The van der Waals surface area contributed by atoms with Crippen molar-refractivity contribution in [2.24, 2.45) is 0 Å². The van der Waals surface area contributed by atoms with Gasteiger partial charge in [0.25, 0.3) is 0 Å². The Morgan fingerprint density at radius 2 is 1.45 bits per heavy atom. The van der Waals surface area contributed by atoms with E-state index in [1.54, 1.807) is 18.2 Å². The van der Waals surface area contributed by atoms with Gasteiger partial charge in [-0.05, 0) is 6.07 Å². The molecular formula is C18H13F6NO4. The Morgan fingerprint density at radius 3 is 2.00 bits per heavy atom. The highest BCUT2D eigenvalue weighted by atomic mass is 19.4. The summed E-state index contributed by atoms with van der Waals surface area (Å²) >= 11 is 0. The van der Waals surface area contributed by atoms with E-state index in [-0.39, 0.29) is 17.2 Å². The standard InChI is InChI=1S/C18H13F6NO4/c19-17(20,21)8-27-11-5-10(6-12(7-11)28-9-18(22,23)24)25-15-13-3-1-2-4-14(13)16(26)29-15/h1-7,15,25H,8-9H2/t15-/m0/s1. The molecule has 0 aliphatic carbocycles. The van der Waals surface area contributed by atoms with Crippen LogP contribution in [-0.2, 0) is 4.74 Å². The SMILES string of the molecule is O=C1O[C@H](Nc2cc(OCC(F)(F)F)cc(OCC(F)(F)F)c2)c2ccccc21. The first-order valence-corrected chi connectivity index (χ1v) is 8.11. The summed E-state index contributed by atoms with van der Waals surface area (Å²) in [4.78, 5) is 11.9. The monoisotopic (exact) mass is 421 g/mol. The van der Waals surface area contributed by atoms with Gasteiger partial charge in [0.05, 0.1) is 5.56 Å². The van der Waals surface area contributed by atoms with Crippen LogP contribution in [0.1, 0.15) is 22.1 Å². The Kier molecular flexibility index (Phi) is 5.49. The second-order valence-corrected chi connectivity index (χ2v) is 6.02. The smallest absolute Gasteiger partial charge is 0.422 e. The van der Waals surface area contributed by atoms with E-state index in [9.17, 15) is 31.1 Å². The van der Waals surface area contributed by atoms with E-state index in [1.165, 1.54) is 6.07 Å². The van der Waals surface area contributed by atoms with Crippen LogP contribution in [-0.4, -0.2) is 31.5 Å². The molecule has 11 heteroatoms. The van der Waals surface area contributed by atoms with Crippen molar-refractivity contribution in [2.45, 2.75) is 18.6 Å². The minimum absolute atomic E-state index is 0.0383. The van der Waals surface area contributed by atoms with Crippen LogP contribution in [0.25, 0.3) is 0 Å². The van der Waals surface area contributed by atoms with Crippen LogP contribution >= 0.6 is 0 Å². The van der Waals surface area contributed by atoms with Crippen LogP contribution in [0, 0.1) is 0 Å². The van der Waals surface area contributed by atoms with Gasteiger partial charge < -0.3 is 19.5 Å².